The average molecular weight is 214 g/mol. The molecule has 1 aromatic carbocycles. The van der Waals surface area contributed by atoms with E-state index in [1.165, 1.54) is 18.2 Å². The Morgan fingerprint density at radius 3 is 2.38 bits per heavy atom. The highest BCUT2D eigenvalue weighted by molar-refractivity contribution is 5.61. The molecule has 1 aromatic heterocycles. The summed E-state index contributed by atoms with van der Waals surface area (Å²) in [7, 11) is 0. The first-order chi connectivity index (χ1) is 7.70. The molecule has 0 amide bonds. The molecule has 0 atom stereocenters. The van der Waals surface area contributed by atoms with Crippen molar-refractivity contribution in [1.29, 1.82) is 0 Å². The van der Waals surface area contributed by atoms with Gasteiger partial charge in [-0.1, -0.05) is 0 Å². The summed E-state index contributed by atoms with van der Waals surface area (Å²) in [5.41, 5.74) is 0.884. The van der Waals surface area contributed by atoms with E-state index in [1.807, 2.05) is 0 Å². The van der Waals surface area contributed by atoms with Crippen molar-refractivity contribution in [3.63, 3.8) is 0 Å². The summed E-state index contributed by atoms with van der Waals surface area (Å²) >= 11 is 0. The number of rotatable bonds is 1. The van der Waals surface area contributed by atoms with Crippen molar-refractivity contribution in [2.24, 2.45) is 0 Å². The third-order valence-corrected chi connectivity index (χ3v) is 2.16. The Labute approximate surface area is 91.0 Å². The SMILES string of the molecule is [C-]#[N+]c1ccc(-c2ccc(F)cc2)[nH]c1=O. The minimum Gasteiger partial charge on any atom is -0.331 e. The van der Waals surface area contributed by atoms with Crippen molar-refractivity contribution < 1.29 is 4.39 Å². The quantitative estimate of drug-likeness (QED) is 0.728. The molecule has 0 saturated carbocycles. The van der Waals surface area contributed by atoms with Gasteiger partial charge in [-0.2, -0.15) is 0 Å². The summed E-state index contributed by atoms with van der Waals surface area (Å²) in [6, 6.07) is 8.84. The van der Waals surface area contributed by atoms with Crippen molar-refractivity contribution in [2.75, 3.05) is 0 Å². The van der Waals surface area contributed by atoms with Crippen molar-refractivity contribution in [1.82, 2.24) is 4.98 Å². The summed E-state index contributed by atoms with van der Waals surface area (Å²) in [5, 5.41) is 0. The second-order valence-corrected chi connectivity index (χ2v) is 3.21. The van der Waals surface area contributed by atoms with Crippen molar-refractivity contribution in [3.8, 4) is 11.3 Å². The number of hydrogen-bond acceptors (Lipinski definition) is 1. The van der Waals surface area contributed by atoms with E-state index in [4.69, 9.17) is 6.57 Å². The summed E-state index contributed by atoms with van der Waals surface area (Å²) in [4.78, 5) is 17.0. The van der Waals surface area contributed by atoms with E-state index in [0.29, 0.717) is 11.3 Å². The zero-order valence-electron chi connectivity index (χ0n) is 8.20. The predicted octanol–water partition coefficient (Wildman–Crippen LogP) is 2.73. The number of benzene rings is 1. The van der Waals surface area contributed by atoms with Gasteiger partial charge < -0.3 is 4.98 Å². The Hall–Kier alpha value is -2.41. The second kappa shape index (κ2) is 3.99. The van der Waals surface area contributed by atoms with Crippen LogP contribution in [0.15, 0.2) is 41.2 Å². The van der Waals surface area contributed by atoms with Gasteiger partial charge in [0.05, 0.1) is 6.57 Å². The molecule has 1 N–H and O–H groups in total. The van der Waals surface area contributed by atoms with Crippen molar-refractivity contribution >= 4 is 5.69 Å². The lowest BCUT2D eigenvalue weighted by molar-refractivity contribution is 0.628. The number of aromatic nitrogens is 1. The van der Waals surface area contributed by atoms with Gasteiger partial charge in [-0.15, -0.1) is 0 Å². The van der Waals surface area contributed by atoms with Crippen LogP contribution in [0.5, 0.6) is 0 Å². The van der Waals surface area contributed by atoms with Crippen LogP contribution in [0.3, 0.4) is 0 Å². The van der Waals surface area contributed by atoms with E-state index in [2.05, 4.69) is 9.83 Å². The Morgan fingerprint density at radius 2 is 1.81 bits per heavy atom. The van der Waals surface area contributed by atoms with E-state index in [1.54, 1.807) is 18.2 Å². The molecule has 0 unspecified atom stereocenters. The maximum Gasteiger partial charge on any atom is 0.254 e. The molecule has 2 rings (SSSR count). The molecule has 2 aromatic rings. The summed E-state index contributed by atoms with van der Waals surface area (Å²) in [6.07, 6.45) is 0. The standard InChI is InChI=1S/C12H7FN2O/c1-14-11-7-6-10(15-12(11)16)8-2-4-9(13)5-3-8/h2-7H,(H,15,16). The summed E-state index contributed by atoms with van der Waals surface area (Å²) < 4.78 is 12.7. The van der Waals surface area contributed by atoms with Gasteiger partial charge in [0.25, 0.3) is 5.56 Å². The maximum atomic E-state index is 12.7. The van der Waals surface area contributed by atoms with Gasteiger partial charge >= 0.3 is 0 Å². The summed E-state index contributed by atoms with van der Waals surface area (Å²) in [6.45, 7) is 6.74. The zero-order chi connectivity index (χ0) is 11.5. The fraction of sp³-hybridized carbons (Fsp3) is 0. The van der Waals surface area contributed by atoms with Crippen molar-refractivity contribution in [2.45, 2.75) is 0 Å². The van der Waals surface area contributed by atoms with Gasteiger partial charge in [0.1, 0.15) is 5.82 Å². The van der Waals surface area contributed by atoms with Gasteiger partial charge in [0, 0.05) is 5.69 Å². The molecule has 0 fully saturated rings. The topological polar surface area (TPSA) is 37.2 Å². The van der Waals surface area contributed by atoms with E-state index in [-0.39, 0.29) is 11.5 Å². The molecular formula is C12H7FN2O. The molecule has 0 spiro atoms. The first kappa shape index (κ1) is 10.1. The molecule has 1 heterocycles. The number of pyridine rings is 1. The lowest BCUT2D eigenvalue weighted by Gasteiger charge is -2.01. The monoisotopic (exact) mass is 214 g/mol. The maximum absolute atomic E-state index is 12.7. The van der Waals surface area contributed by atoms with Gasteiger partial charge in [0.2, 0.25) is 5.69 Å². The van der Waals surface area contributed by atoms with Crippen LogP contribution in [-0.2, 0) is 0 Å². The molecule has 78 valence electrons. The molecule has 0 aliphatic rings. The minimum absolute atomic E-state index is 0.0471. The smallest absolute Gasteiger partial charge is 0.254 e. The van der Waals surface area contributed by atoms with Crippen molar-refractivity contribution in [3.05, 3.63) is 64.0 Å². The first-order valence-corrected chi connectivity index (χ1v) is 4.57. The fourth-order valence-corrected chi connectivity index (χ4v) is 1.35. The molecule has 0 saturated heterocycles. The Balaban J connectivity index is 2.50. The first-order valence-electron chi connectivity index (χ1n) is 4.57. The highest BCUT2D eigenvalue weighted by Crippen LogP contribution is 2.17. The van der Waals surface area contributed by atoms with Crippen LogP contribution in [0.4, 0.5) is 10.1 Å². The molecule has 3 nitrogen and oxygen atoms in total. The lowest BCUT2D eigenvalue weighted by atomic mass is 10.1. The van der Waals surface area contributed by atoms with Crippen LogP contribution in [0.2, 0.25) is 0 Å². The van der Waals surface area contributed by atoms with Gasteiger partial charge in [-0.05, 0) is 42.0 Å². The van der Waals surface area contributed by atoms with Crippen LogP contribution in [0.1, 0.15) is 0 Å². The average Bonchev–Trinajstić information content (AvgIpc) is 2.30. The molecular weight excluding hydrogens is 207 g/mol. The fourth-order valence-electron chi connectivity index (χ4n) is 1.35. The minimum atomic E-state index is -0.433. The van der Waals surface area contributed by atoms with Crippen LogP contribution in [0.25, 0.3) is 16.1 Å². The van der Waals surface area contributed by atoms with E-state index in [0.717, 1.165) is 0 Å². The van der Waals surface area contributed by atoms with Crippen LogP contribution >= 0.6 is 0 Å². The molecule has 0 aliphatic heterocycles. The van der Waals surface area contributed by atoms with E-state index < -0.39 is 5.56 Å². The third-order valence-electron chi connectivity index (χ3n) is 2.16. The second-order valence-electron chi connectivity index (χ2n) is 3.21. The van der Waals surface area contributed by atoms with Crippen LogP contribution in [0, 0.1) is 12.4 Å². The zero-order valence-corrected chi connectivity index (χ0v) is 8.20. The molecule has 4 heteroatoms. The van der Waals surface area contributed by atoms with E-state index >= 15 is 0 Å². The Kier molecular flexibility index (Phi) is 2.52. The number of nitrogens with one attached hydrogen (secondary N) is 1. The number of halogens is 1. The van der Waals surface area contributed by atoms with Crippen LogP contribution in [-0.4, -0.2) is 4.98 Å². The summed E-state index contributed by atoms with van der Waals surface area (Å²) in [5.74, 6) is -0.330. The number of nitrogens with zero attached hydrogens (tertiary/aromatic N) is 1. The number of H-pyrrole nitrogens is 1. The van der Waals surface area contributed by atoms with E-state index in [9.17, 15) is 9.18 Å². The van der Waals surface area contributed by atoms with Gasteiger partial charge in [0.15, 0.2) is 0 Å². The normalized spacial score (nSPS) is 9.75. The van der Waals surface area contributed by atoms with Gasteiger partial charge in [-0.3, -0.25) is 4.79 Å². The largest absolute Gasteiger partial charge is 0.331 e. The highest BCUT2D eigenvalue weighted by atomic mass is 19.1. The molecule has 0 radical (unpaired) electrons. The third kappa shape index (κ3) is 1.84. The number of aromatic amines is 1. The lowest BCUT2D eigenvalue weighted by Crippen LogP contribution is -2.04. The van der Waals surface area contributed by atoms with Crippen LogP contribution < -0.4 is 5.56 Å². The molecule has 0 bridgehead atoms. The molecule has 0 aliphatic carbocycles. The Bertz CT molecular complexity index is 608. The highest BCUT2D eigenvalue weighted by Gasteiger charge is 2.02. The predicted molar refractivity (Wildman–Crippen MR) is 58.7 cm³/mol. The van der Waals surface area contributed by atoms with Gasteiger partial charge in [-0.25, -0.2) is 9.24 Å². The molecule has 16 heavy (non-hydrogen) atoms. The Morgan fingerprint density at radius 1 is 1.12 bits per heavy atom. The number of hydrogen-bond donors (Lipinski definition) is 1.